The first-order valence-electron chi connectivity index (χ1n) is 10.2. The van der Waals surface area contributed by atoms with Crippen LogP contribution in [0.25, 0.3) is 0 Å². The second kappa shape index (κ2) is 12.0. The van der Waals surface area contributed by atoms with Crippen LogP contribution in [0.3, 0.4) is 0 Å². The number of amides is 1. The number of unbranched alkanes of at least 4 members (excludes halogenated alkanes) is 1. The first kappa shape index (κ1) is 23.4. The molecule has 1 amide bonds. The molecule has 2 aromatic rings. The quantitative estimate of drug-likeness (QED) is 0.426. The van der Waals surface area contributed by atoms with Crippen LogP contribution in [0.4, 0.5) is 5.69 Å². The number of aromatic nitrogens is 1. The Hall–Kier alpha value is -2.85. The fourth-order valence-corrected chi connectivity index (χ4v) is 3.75. The van der Waals surface area contributed by atoms with Gasteiger partial charge in [-0.05, 0) is 62.6 Å². The molecular weight excluding hydrogens is 398 g/mol. The van der Waals surface area contributed by atoms with Crippen LogP contribution < -0.4 is 5.32 Å². The second-order valence-electron chi connectivity index (χ2n) is 6.67. The fraction of sp³-hybridized carbons (Fsp3) is 0.391. The smallest absolute Gasteiger partial charge is 0.338 e. The fourth-order valence-electron chi connectivity index (χ4n) is 2.73. The topological polar surface area (TPSA) is 92.1 Å². The van der Waals surface area contributed by atoms with Gasteiger partial charge in [0.1, 0.15) is 11.1 Å². The normalized spacial score (nSPS) is 11.4. The molecular formula is C23H27N3O3S. The van der Waals surface area contributed by atoms with Crippen molar-refractivity contribution in [2.45, 2.75) is 56.7 Å². The number of anilines is 1. The van der Waals surface area contributed by atoms with Crippen molar-refractivity contribution in [3.63, 3.8) is 0 Å². The highest BCUT2D eigenvalue weighted by Crippen LogP contribution is 2.28. The first-order valence-corrected chi connectivity index (χ1v) is 11.0. The van der Waals surface area contributed by atoms with E-state index in [1.807, 2.05) is 13.0 Å². The molecule has 0 bridgehead atoms. The molecule has 1 heterocycles. The maximum atomic E-state index is 12.8. The molecule has 158 valence electrons. The van der Waals surface area contributed by atoms with Crippen LogP contribution in [0.1, 0.15) is 61.6 Å². The Morgan fingerprint density at radius 2 is 1.90 bits per heavy atom. The molecule has 1 N–H and O–H groups in total. The highest BCUT2D eigenvalue weighted by atomic mass is 32.2. The summed E-state index contributed by atoms with van der Waals surface area (Å²) in [7, 11) is 0. The summed E-state index contributed by atoms with van der Waals surface area (Å²) in [5.74, 6) is -0.563. The summed E-state index contributed by atoms with van der Waals surface area (Å²) in [4.78, 5) is 29.2. The maximum absolute atomic E-state index is 12.8. The van der Waals surface area contributed by atoms with Gasteiger partial charge in [0, 0.05) is 11.4 Å². The Labute approximate surface area is 182 Å². The van der Waals surface area contributed by atoms with Crippen molar-refractivity contribution >= 4 is 29.3 Å². The predicted molar refractivity (Wildman–Crippen MR) is 119 cm³/mol. The standard InChI is InChI=1S/C23H27N3O3S/c1-4-7-8-18-14-11-17(15-24)22(26-18)30-20(5-2)21(27)25-19-12-9-16(10-13-19)23(28)29-6-3/h9-14,20H,4-8H2,1-3H3,(H,25,27). The average Bonchev–Trinajstić information content (AvgIpc) is 2.76. The lowest BCUT2D eigenvalue weighted by atomic mass is 10.2. The molecule has 0 fully saturated rings. The molecule has 1 atom stereocenters. The minimum absolute atomic E-state index is 0.170. The van der Waals surface area contributed by atoms with Gasteiger partial charge in [-0.25, -0.2) is 9.78 Å². The molecule has 1 aromatic heterocycles. The Balaban J connectivity index is 2.09. The van der Waals surface area contributed by atoms with E-state index in [-0.39, 0.29) is 5.91 Å². The van der Waals surface area contributed by atoms with Gasteiger partial charge in [0.15, 0.2) is 0 Å². The zero-order chi connectivity index (χ0) is 21.9. The number of aryl methyl sites for hydroxylation is 1. The van der Waals surface area contributed by atoms with Gasteiger partial charge in [-0.15, -0.1) is 0 Å². The molecule has 1 aromatic carbocycles. The number of carbonyl (C=O) groups excluding carboxylic acids is 2. The van der Waals surface area contributed by atoms with E-state index < -0.39 is 11.2 Å². The average molecular weight is 426 g/mol. The van der Waals surface area contributed by atoms with Crippen LogP contribution in [0, 0.1) is 11.3 Å². The molecule has 0 saturated carbocycles. The van der Waals surface area contributed by atoms with Gasteiger partial charge in [0.25, 0.3) is 0 Å². The minimum atomic E-state index is -0.393. The molecule has 0 saturated heterocycles. The second-order valence-corrected chi connectivity index (χ2v) is 7.86. The van der Waals surface area contributed by atoms with Gasteiger partial charge >= 0.3 is 5.97 Å². The van der Waals surface area contributed by atoms with Gasteiger partial charge in [-0.2, -0.15) is 5.26 Å². The van der Waals surface area contributed by atoms with Crippen LogP contribution >= 0.6 is 11.8 Å². The van der Waals surface area contributed by atoms with E-state index in [9.17, 15) is 14.9 Å². The van der Waals surface area contributed by atoms with Crippen molar-refractivity contribution in [2.24, 2.45) is 0 Å². The number of benzene rings is 1. The summed E-state index contributed by atoms with van der Waals surface area (Å²) in [6.45, 7) is 6.11. The van der Waals surface area contributed by atoms with Crippen molar-refractivity contribution in [2.75, 3.05) is 11.9 Å². The molecule has 0 aliphatic heterocycles. The third-order valence-corrected chi connectivity index (χ3v) is 5.77. The SMILES string of the molecule is CCCCc1ccc(C#N)c(SC(CC)C(=O)Nc2ccc(C(=O)OCC)cc2)n1. The van der Waals surface area contributed by atoms with Crippen molar-refractivity contribution in [1.29, 1.82) is 5.26 Å². The number of hydrogen-bond donors (Lipinski definition) is 1. The van der Waals surface area contributed by atoms with Crippen LogP contribution in [0.5, 0.6) is 0 Å². The lowest BCUT2D eigenvalue weighted by molar-refractivity contribution is -0.115. The number of pyridine rings is 1. The van der Waals surface area contributed by atoms with Crippen molar-refractivity contribution in [3.05, 3.63) is 53.2 Å². The summed E-state index contributed by atoms with van der Waals surface area (Å²) in [6.07, 6.45) is 3.54. The van der Waals surface area contributed by atoms with E-state index in [1.165, 1.54) is 11.8 Å². The molecule has 0 spiro atoms. The zero-order valence-electron chi connectivity index (χ0n) is 17.6. The summed E-state index contributed by atoms with van der Waals surface area (Å²) in [5, 5.41) is 12.5. The monoisotopic (exact) mass is 425 g/mol. The first-order chi connectivity index (χ1) is 14.5. The largest absolute Gasteiger partial charge is 0.462 e. The summed E-state index contributed by atoms with van der Waals surface area (Å²) in [6, 6.07) is 12.4. The Kier molecular flexibility index (Phi) is 9.36. The van der Waals surface area contributed by atoms with Crippen LogP contribution in [0.15, 0.2) is 41.4 Å². The highest BCUT2D eigenvalue weighted by molar-refractivity contribution is 8.00. The lowest BCUT2D eigenvalue weighted by Gasteiger charge is -2.15. The van der Waals surface area contributed by atoms with Gasteiger partial charge in [-0.1, -0.05) is 32.0 Å². The van der Waals surface area contributed by atoms with Gasteiger partial charge in [0.2, 0.25) is 5.91 Å². The molecule has 0 aliphatic carbocycles. The van der Waals surface area contributed by atoms with E-state index in [4.69, 9.17) is 4.74 Å². The summed E-state index contributed by atoms with van der Waals surface area (Å²) in [5.41, 5.74) is 2.44. The third-order valence-electron chi connectivity index (χ3n) is 4.41. The van der Waals surface area contributed by atoms with E-state index in [0.29, 0.717) is 34.9 Å². The molecule has 30 heavy (non-hydrogen) atoms. The zero-order valence-corrected chi connectivity index (χ0v) is 18.4. The summed E-state index contributed by atoms with van der Waals surface area (Å²) < 4.78 is 4.96. The number of nitriles is 1. The number of carbonyl (C=O) groups is 2. The number of nitrogens with one attached hydrogen (secondary N) is 1. The van der Waals surface area contributed by atoms with Crippen LogP contribution in [-0.4, -0.2) is 28.7 Å². The Bertz CT molecular complexity index is 907. The number of thioether (sulfide) groups is 1. The number of ether oxygens (including phenoxy) is 1. The van der Waals surface area contributed by atoms with Gasteiger partial charge < -0.3 is 10.1 Å². The molecule has 6 nitrogen and oxygen atoms in total. The van der Waals surface area contributed by atoms with Crippen LogP contribution in [0.2, 0.25) is 0 Å². The van der Waals surface area contributed by atoms with E-state index in [1.54, 1.807) is 37.3 Å². The van der Waals surface area contributed by atoms with Gasteiger partial charge in [0.05, 0.1) is 23.0 Å². The van der Waals surface area contributed by atoms with Crippen molar-refractivity contribution in [1.82, 2.24) is 4.98 Å². The molecule has 0 radical (unpaired) electrons. The van der Waals surface area contributed by atoms with Crippen molar-refractivity contribution < 1.29 is 14.3 Å². The maximum Gasteiger partial charge on any atom is 0.338 e. The number of esters is 1. The van der Waals surface area contributed by atoms with E-state index in [2.05, 4.69) is 23.3 Å². The van der Waals surface area contributed by atoms with Gasteiger partial charge in [-0.3, -0.25) is 4.79 Å². The molecule has 1 unspecified atom stereocenters. The number of hydrogen-bond acceptors (Lipinski definition) is 6. The highest BCUT2D eigenvalue weighted by Gasteiger charge is 2.21. The van der Waals surface area contributed by atoms with Crippen molar-refractivity contribution in [3.8, 4) is 6.07 Å². The molecule has 0 aliphatic rings. The van der Waals surface area contributed by atoms with E-state index >= 15 is 0 Å². The Morgan fingerprint density at radius 3 is 2.50 bits per heavy atom. The predicted octanol–water partition coefficient (Wildman–Crippen LogP) is 4.98. The van der Waals surface area contributed by atoms with E-state index in [0.717, 1.165) is 25.0 Å². The minimum Gasteiger partial charge on any atom is -0.462 e. The molecule has 7 heteroatoms. The lowest BCUT2D eigenvalue weighted by Crippen LogP contribution is -2.25. The summed E-state index contributed by atoms with van der Waals surface area (Å²) >= 11 is 1.31. The third kappa shape index (κ3) is 6.60. The number of nitrogens with zero attached hydrogens (tertiary/aromatic N) is 2. The Morgan fingerprint density at radius 1 is 1.17 bits per heavy atom. The van der Waals surface area contributed by atoms with Crippen LogP contribution in [-0.2, 0) is 16.0 Å². The number of rotatable bonds is 10. The molecule has 2 rings (SSSR count).